The van der Waals surface area contributed by atoms with Gasteiger partial charge < -0.3 is 11.1 Å². The predicted molar refractivity (Wildman–Crippen MR) is 46.8 cm³/mol. The summed E-state index contributed by atoms with van der Waals surface area (Å²) in [5.41, 5.74) is 8.06. The van der Waals surface area contributed by atoms with Crippen LogP contribution in [-0.2, 0) is 6.54 Å². The highest BCUT2D eigenvalue weighted by atomic mass is 14.5. The van der Waals surface area contributed by atoms with Crippen LogP contribution in [0.5, 0.6) is 0 Å². The van der Waals surface area contributed by atoms with E-state index in [1.807, 2.05) is 24.3 Å². The second-order valence-corrected chi connectivity index (χ2v) is 2.53. The number of hydrogen-bond donors (Lipinski definition) is 2. The SMILES string of the molecule is CC(=N)c1cccc(CN)c1. The van der Waals surface area contributed by atoms with Gasteiger partial charge in [-0.05, 0) is 24.1 Å². The maximum atomic E-state index is 7.37. The Kier molecular flexibility index (Phi) is 2.39. The summed E-state index contributed by atoms with van der Waals surface area (Å²) in [4.78, 5) is 0. The van der Waals surface area contributed by atoms with Gasteiger partial charge in [0.1, 0.15) is 0 Å². The van der Waals surface area contributed by atoms with Crippen LogP contribution in [0.25, 0.3) is 0 Å². The summed E-state index contributed by atoms with van der Waals surface area (Å²) >= 11 is 0. The van der Waals surface area contributed by atoms with Crippen molar-refractivity contribution in [2.24, 2.45) is 5.73 Å². The van der Waals surface area contributed by atoms with Crippen LogP contribution in [-0.4, -0.2) is 5.71 Å². The van der Waals surface area contributed by atoms with Crippen LogP contribution in [0.1, 0.15) is 18.1 Å². The molecular formula is C9H12N2. The van der Waals surface area contributed by atoms with Gasteiger partial charge in [0.05, 0.1) is 0 Å². The maximum absolute atomic E-state index is 7.37. The summed E-state index contributed by atoms with van der Waals surface area (Å²) in [5, 5.41) is 7.37. The van der Waals surface area contributed by atoms with Crippen LogP contribution in [0, 0.1) is 5.41 Å². The Labute approximate surface area is 66.6 Å². The number of hydrogen-bond acceptors (Lipinski definition) is 2. The smallest absolute Gasteiger partial charge is 0.0355 e. The highest BCUT2D eigenvalue weighted by Crippen LogP contribution is 2.04. The number of rotatable bonds is 2. The van der Waals surface area contributed by atoms with Gasteiger partial charge in [0.25, 0.3) is 0 Å². The summed E-state index contributed by atoms with van der Waals surface area (Å²) in [6.45, 7) is 2.32. The molecule has 0 saturated heterocycles. The molecule has 0 amide bonds. The van der Waals surface area contributed by atoms with Crippen molar-refractivity contribution >= 4 is 5.71 Å². The molecule has 0 bridgehead atoms. The molecule has 0 aromatic heterocycles. The Morgan fingerprint density at radius 3 is 2.82 bits per heavy atom. The molecule has 0 unspecified atom stereocenters. The summed E-state index contributed by atoms with van der Waals surface area (Å²) in [6, 6.07) is 7.76. The molecular weight excluding hydrogens is 136 g/mol. The quantitative estimate of drug-likeness (QED) is 0.614. The van der Waals surface area contributed by atoms with Crippen molar-refractivity contribution < 1.29 is 0 Å². The van der Waals surface area contributed by atoms with Gasteiger partial charge in [-0.25, -0.2) is 0 Å². The average molecular weight is 148 g/mol. The van der Waals surface area contributed by atoms with Crippen molar-refractivity contribution in [2.75, 3.05) is 0 Å². The van der Waals surface area contributed by atoms with Crippen LogP contribution < -0.4 is 5.73 Å². The van der Waals surface area contributed by atoms with Crippen molar-refractivity contribution in [3.05, 3.63) is 35.4 Å². The number of nitrogens with one attached hydrogen (secondary N) is 1. The predicted octanol–water partition coefficient (Wildman–Crippen LogP) is 1.53. The normalized spacial score (nSPS) is 9.64. The molecule has 0 atom stereocenters. The Morgan fingerprint density at radius 1 is 1.55 bits per heavy atom. The van der Waals surface area contributed by atoms with Gasteiger partial charge in [-0.15, -0.1) is 0 Å². The molecule has 0 aliphatic rings. The zero-order valence-corrected chi connectivity index (χ0v) is 6.59. The van der Waals surface area contributed by atoms with E-state index in [2.05, 4.69) is 0 Å². The molecule has 11 heavy (non-hydrogen) atoms. The minimum Gasteiger partial charge on any atom is -0.326 e. The van der Waals surface area contributed by atoms with Crippen molar-refractivity contribution in [1.82, 2.24) is 0 Å². The monoisotopic (exact) mass is 148 g/mol. The Balaban J connectivity index is 3.01. The first-order valence-corrected chi connectivity index (χ1v) is 3.58. The summed E-state index contributed by atoms with van der Waals surface area (Å²) in [6.07, 6.45) is 0. The van der Waals surface area contributed by atoms with E-state index in [1.54, 1.807) is 6.92 Å². The second kappa shape index (κ2) is 3.30. The molecule has 0 saturated carbocycles. The van der Waals surface area contributed by atoms with Crippen LogP contribution in [0.15, 0.2) is 24.3 Å². The molecule has 1 rings (SSSR count). The molecule has 0 heterocycles. The first-order valence-electron chi connectivity index (χ1n) is 3.58. The van der Waals surface area contributed by atoms with E-state index in [4.69, 9.17) is 11.1 Å². The topological polar surface area (TPSA) is 49.9 Å². The number of benzene rings is 1. The van der Waals surface area contributed by atoms with E-state index in [-0.39, 0.29) is 0 Å². The highest BCUT2D eigenvalue weighted by molar-refractivity contribution is 5.96. The molecule has 0 aliphatic carbocycles. The molecule has 2 nitrogen and oxygen atoms in total. The largest absolute Gasteiger partial charge is 0.326 e. The zero-order valence-electron chi connectivity index (χ0n) is 6.59. The van der Waals surface area contributed by atoms with Crippen molar-refractivity contribution in [3.63, 3.8) is 0 Å². The van der Waals surface area contributed by atoms with E-state index >= 15 is 0 Å². The van der Waals surface area contributed by atoms with Crippen LogP contribution in [0.2, 0.25) is 0 Å². The minimum atomic E-state index is 0.543. The van der Waals surface area contributed by atoms with Crippen molar-refractivity contribution in [3.8, 4) is 0 Å². The van der Waals surface area contributed by atoms with E-state index in [1.165, 1.54) is 0 Å². The van der Waals surface area contributed by atoms with Gasteiger partial charge >= 0.3 is 0 Å². The van der Waals surface area contributed by atoms with Crippen molar-refractivity contribution in [1.29, 1.82) is 5.41 Å². The molecule has 0 radical (unpaired) electrons. The van der Waals surface area contributed by atoms with Gasteiger partial charge in [0.15, 0.2) is 0 Å². The van der Waals surface area contributed by atoms with Gasteiger partial charge in [0.2, 0.25) is 0 Å². The molecule has 2 heteroatoms. The number of nitrogens with two attached hydrogens (primary N) is 1. The van der Waals surface area contributed by atoms with Gasteiger partial charge in [-0.2, -0.15) is 0 Å². The lowest BCUT2D eigenvalue weighted by atomic mass is 10.1. The molecule has 58 valence electrons. The first kappa shape index (κ1) is 7.95. The Morgan fingerprint density at radius 2 is 2.27 bits per heavy atom. The third-order valence-electron chi connectivity index (χ3n) is 1.60. The molecule has 1 aromatic rings. The third kappa shape index (κ3) is 1.88. The zero-order chi connectivity index (χ0) is 8.27. The Bertz CT molecular complexity index is 266. The summed E-state index contributed by atoms with van der Waals surface area (Å²) < 4.78 is 0. The van der Waals surface area contributed by atoms with E-state index in [0.29, 0.717) is 12.3 Å². The third-order valence-corrected chi connectivity index (χ3v) is 1.60. The minimum absolute atomic E-state index is 0.543. The lowest BCUT2D eigenvalue weighted by Crippen LogP contribution is -1.98. The fourth-order valence-corrected chi connectivity index (χ4v) is 0.932. The van der Waals surface area contributed by atoms with Crippen LogP contribution in [0.3, 0.4) is 0 Å². The summed E-state index contributed by atoms with van der Waals surface area (Å²) in [7, 11) is 0. The standard InChI is InChI=1S/C9H12N2/c1-7(11)9-4-2-3-8(5-9)6-10/h2-5,11H,6,10H2,1H3. The molecule has 1 aromatic carbocycles. The van der Waals surface area contributed by atoms with Crippen LogP contribution in [0.4, 0.5) is 0 Å². The highest BCUT2D eigenvalue weighted by Gasteiger charge is 1.94. The van der Waals surface area contributed by atoms with E-state index in [0.717, 1.165) is 11.1 Å². The summed E-state index contributed by atoms with van der Waals surface area (Å²) in [5.74, 6) is 0. The van der Waals surface area contributed by atoms with Crippen molar-refractivity contribution in [2.45, 2.75) is 13.5 Å². The van der Waals surface area contributed by atoms with E-state index in [9.17, 15) is 0 Å². The van der Waals surface area contributed by atoms with E-state index < -0.39 is 0 Å². The van der Waals surface area contributed by atoms with Gasteiger partial charge in [0, 0.05) is 12.3 Å². The lowest BCUT2D eigenvalue weighted by Gasteiger charge is -2.00. The second-order valence-electron chi connectivity index (χ2n) is 2.53. The fourth-order valence-electron chi connectivity index (χ4n) is 0.932. The lowest BCUT2D eigenvalue weighted by molar-refractivity contribution is 1.07. The maximum Gasteiger partial charge on any atom is 0.0355 e. The molecule has 0 fully saturated rings. The first-order chi connectivity index (χ1) is 5.24. The van der Waals surface area contributed by atoms with Gasteiger partial charge in [-0.3, -0.25) is 0 Å². The van der Waals surface area contributed by atoms with Crippen LogP contribution >= 0.6 is 0 Å². The molecule has 0 aliphatic heterocycles. The molecule has 0 spiro atoms. The van der Waals surface area contributed by atoms with Gasteiger partial charge in [-0.1, -0.05) is 18.2 Å². The average Bonchev–Trinajstić information content (AvgIpc) is 2.05. The fraction of sp³-hybridized carbons (Fsp3) is 0.222. The molecule has 3 N–H and O–H groups in total. The Hall–Kier alpha value is -1.15.